The van der Waals surface area contributed by atoms with Gasteiger partial charge in [0.1, 0.15) is 17.9 Å². The van der Waals surface area contributed by atoms with Crippen molar-refractivity contribution >= 4 is 5.97 Å². The summed E-state index contributed by atoms with van der Waals surface area (Å²) >= 11 is 0. The summed E-state index contributed by atoms with van der Waals surface area (Å²) in [6.45, 7) is 4.47. The molecule has 0 aromatic heterocycles. The largest absolute Gasteiger partial charge is 0.491 e. The van der Waals surface area contributed by atoms with Crippen LogP contribution in [0, 0.1) is 0 Å². The van der Waals surface area contributed by atoms with Crippen molar-refractivity contribution in [1.82, 2.24) is 5.32 Å². The molecule has 1 aromatic rings. The molecular formula is C17H25NO3. The highest BCUT2D eigenvalue weighted by atomic mass is 16.5. The van der Waals surface area contributed by atoms with Crippen LogP contribution >= 0.6 is 0 Å². The van der Waals surface area contributed by atoms with Gasteiger partial charge in [-0.25, -0.2) is 0 Å². The quantitative estimate of drug-likeness (QED) is 0.811. The molecule has 1 aliphatic rings. The molecule has 2 rings (SSSR count). The second kappa shape index (κ2) is 6.94. The summed E-state index contributed by atoms with van der Waals surface area (Å²) in [5.74, 6) is -0.115. The lowest BCUT2D eigenvalue weighted by atomic mass is 9.92. The Labute approximate surface area is 126 Å². The van der Waals surface area contributed by atoms with Crippen molar-refractivity contribution < 1.29 is 14.6 Å². The minimum atomic E-state index is -1.05. The van der Waals surface area contributed by atoms with Gasteiger partial charge in [0.15, 0.2) is 0 Å². The van der Waals surface area contributed by atoms with Crippen molar-refractivity contribution in [2.75, 3.05) is 13.2 Å². The van der Waals surface area contributed by atoms with E-state index < -0.39 is 11.5 Å². The van der Waals surface area contributed by atoms with Gasteiger partial charge in [-0.1, -0.05) is 13.0 Å². The second-order valence-electron chi connectivity index (χ2n) is 5.99. The van der Waals surface area contributed by atoms with Crippen LogP contribution in [0.2, 0.25) is 0 Å². The Balaban J connectivity index is 2.02. The highest BCUT2D eigenvalue weighted by Crippen LogP contribution is 2.25. The third kappa shape index (κ3) is 3.97. The number of hydrogen-bond donors (Lipinski definition) is 2. The highest BCUT2D eigenvalue weighted by molar-refractivity contribution is 5.78. The van der Waals surface area contributed by atoms with Crippen LogP contribution in [-0.4, -0.2) is 29.8 Å². The van der Waals surface area contributed by atoms with E-state index in [9.17, 15) is 9.90 Å². The third-order valence-electron chi connectivity index (χ3n) is 4.08. The van der Waals surface area contributed by atoms with Crippen molar-refractivity contribution in [3.8, 4) is 5.75 Å². The average Bonchev–Trinajstić information content (AvgIpc) is 2.50. The Kier molecular flexibility index (Phi) is 5.23. The van der Waals surface area contributed by atoms with Gasteiger partial charge in [-0.05, 0) is 68.8 Å². The number of carboxylic acids is 1. The van der Waals surface area contributed by atoms with Crippen LogP contribution in [-0.2, 0) is 17.6 Å². The lowest BCUT2D eigenvalue weighted by molar-refractivity contribution is -0.145. The van der Waals surface area contributed by atoms with E-state index in [4.69, 9.17) is 4.74 Å². The Morgan fingerprint density at radius 1 is 1.33 bits per heavy atom. The standard InChI is InChI=1S/C17H25NO3/c1-3-10-18-17(2,16(19)20)12-21-15-9-8-13-6-4-5-7-14(13)11-15/h8-9,11,18H,3-7,10,12H2,1-2H3,(H,19,20). The average molecular weight is 291 g/mol. The fraction of sp³-hybridized carbons (Fsp3) is 0.588. The van der Waals surface area contributed by atoms with Crippen LogP contribution in [0.4, 0.5) is 0 Å². The summed E-state index contributed by atoms with van der Waals surface area (Å²) in [5.41, 5.74) is 1.70. The maximum absolute atomic E-state index is 11.4. The van der Waals surface area contributed by atoms with Crippen molar-refractivity contribution in [3.63, 3.8) is 0 Å². The SMILES string of the molecule is CCCNC(C)(COc1ccc2c(c1)CCCC2)C(=O)O. The van der Waals surface area contributed by atoms with Gasteiger partial charge in [0.05, 0.1) is 0 Å². The molecule has 0 amide bonds. The molecule has 0 spiro atoms. The molecular weight excluding hydrogens is 266 g/mol. The zero-order valence-electron chi connectivity index (χ0n) is 12.9. The summed E-state index contributed by atoms with van der Waals surface area (Å²) in [5, 5.41) is 12.4. The summed E-state index contributed by atoms with van der Waals surface area (Å²) in [6, 6.07) is 6.13. The monoisotopic (exact) mass is 291 g/mol. The number of rotatable bonds is 7. The Hall–Kier alpha value is -1.55. The number of carboxylic acid groups (broad SMARTS) is 1. The number of aliphatic carboxylic acids is 1. The maximum atomic E-state index is 11.4. The smallest absolute Gasteiger partial charge is 0.327 e. The van der Waals surface area contributed by atoms with Gasteiger partial charge in [-0.15, -0.1) is 0 Å². The van der Waals surface area contributed by atoms with E-state index in [0.29, 0.717) is 6.54 Å². The first kappa shape index (κ1) is 15.8. The molecule has 1 atom stereocenters. The van der Waals surface area contributed by atoms with Gasteiger partial charge in [-0.2, -0.15) is 0 Å². The molecule has 0 bridgehead atoms. The van der Waals surface area contributed by atoms with Crippen LogP contribution in [0.3, 0.4) is 0 Å². The maximum Gasteiger partial charge on any atom is 0.327 e. The van der Waals surface area contributed by atoms with Crippen molar-refractivity contribution in [3.05, 3.63) is 29.3 Å². The molecule has 1 aromatic carbocycles. The molecule has 1 unspecified atom stereocenters. The Morgan fingerprint density at radius 3 is 2.71 bits per heavy atom. The molecule has 4 heteroatoms. The van der Waals surface area contributed by atoms with Crippen molar-refractivity contribution in [2.24, 2.45) is 0 Å². The number of hydrogen-bond acceptors (Lipinski definition) is 3. The zero-order valence-corrected chi connectivity index (χ0v) is 12.9. The normalized spacial score (nSPS) is 16.9. The van der Waals surface area contributed by atoms with Crippen LogP contribution in [0.15, 0.2) is 18.2 Å². The first-order valence-electron chi connectivity index (χ1n) is 7.78. The molecule has 0 aliphatic heterocycles. The van der Waals surface area contributed by atoms with E-state index in [-0.39, 0.29) is 6.61 Å². The molecule has 0 heterocycles. The number of carbonyl (C=O) groups is 1. The summed E-state index contributed by atoms with van der Waals surface area (Å²) in [6.07, 6.45) is 5.60. The number of benzene rings is 1. The van der Waals surface area contributed by atoms with Crippen LogP contribution in [0.1, 0.15) is 44.2 Å². The fourth-order valence-electron chi connectivity index (χ4n) is 2.62. The molecule has 2 N–H and O–H groups in total. The highest BCUT2D eigenvalue weighted by Gasteiger charge is 2.33. The first-order valence-corrected chi connectivity index (χ1v) is 7.78. The van der Waals surface area contributed by atoms with Crippen molar-refractivity contribution in [2.45, 2.75) is 51.5 Å². The van der Waals surface area contributed by atoms with Crippen LogP contribution < -0.4 is 10.1 Å². The van der Waals surface area contributed by atoms with E-state index in [1.54, 1.807) is 6.92 Å². The van der Waals surface area contributed by atoms with Gasteiger partial charge < -0.3 is 9.84 Å². The van der Waals surface area contributed by atoms with Gasteiger partial charge in [0.2, 0.25) is 0 Å². The Bertz CT molecular complexity index is 501. The Morgan fingerprint density at radius 2 is 2.05 bits per heavy atom. The molecule has 1 aliphatic carbocycles. The fourth-order valence-corrected chi connectivity index (χ4v) is 2.62. The predicted octanol–water partition coefficient (Wildman–Crippen LogP) is 2.79. The first-order chi connectivity index (χ1) is 10.0. The zero-order chi connectivity index (χ0) is 15.3. The lowest BCUT2D eigenvalue weighted by Crippen LogP contribution is -2.54. The van der Waals surface area contributed by atoms with Crippen LogP contribution in [0.25, 0.3) is 0 Å². The molecule has 0 saturated heterocycles. The summed E-state index contributed by atoms with van der Waals surface area (Å²) in [4.78, 5) is 11.4. The number of ether oxygens (including phenoxy) is 1. The van der Waals surface area contributed by atoms with E-state index in [1.807, 2.05) is 13.0 Å². The summed E-state index contributed by atoms with van der Waals surface area (Å²) < 4.78 is 5.75. The molecule has 116 valence electrons. The molecule has 4 nitrogen and oxygen atoms in total. The lowest BCUT2D eigenvalue weighted by Gasteiger charge is -2.26. The topological polar surface area (TPSA) is 58.6 Å². The second-order valence-corrected chi connectivity index (χ2v) is 5.99. The molecule has 0 radical (unpaired) electrons. The van der Waals surface area contributed by atoms with E-state index >= 15 is 0 Å². The minimum Gasteiger partial charge on any atom is -0.491 e. The number of fused-ring (bicyclic) bond motifs is 1. The molecule has 21 heavy (non-hydrogen) atoms. The van der Waals surface area contributed by atoms with Gasteiger partial charge in [0, 0.05) is 0 Å². The minimum absolute atomic E-state index is 0.126. The molecule has 0 fully saturated rings. The van der Waals surface area contributed by atoms with Gasteiger partial charge in [-0.3, -0.25) is 10.1 Å². The van der Waals surface area contributed by atoms with E-state index in [1.165, 1.54) is 24.0 Å². The van der Waals surface area contributed by atoms with Crippen LogP contribution in [0.5, 0.6) is 5.75 Å². The number of nitrogens with one attached hydrogen (secondary N) is 1. The van der Waals surface area contributed by atoms with Gasteiger partial charge >= 0.3 is 5.97 Å². The van der Waals surface area contributed by atoms with Crippen molar-refractivity contribution in [1.29, 1.82) is 0 Å². The van der Waals surface area contributed by atoms with E-state index in [2.05, 4.69) is 17.4 Å². The summed E-state index contributed by atoms with van der Waals surface area (Å²) in [7, 11) is 0. The van der Waals surface area contributed by atoms with E-state index in [0.717, 1.165) is 25.0 Å². The van der Waals surface area contributed by atoms with Gasteiger partial charge in [0.25, 0.3) is 0 Å². The number of aryl methyl sites for hydroxylation is 2. The third-order valence-corrected chi connectivity index (χ3v) is 4.08. The predicted molar refractivity (Wildman–Crippen MR) is 82.9 cm³/mol. The molecule has 0 saturated carbocycles.